The first kappa shape index (κ1) is 21.0. The van der Waals surface area contributed by atoms with Crippen LogP contribution in [0.15, 0.2) is 48.7 Å². The first-order valence-electron chi connectivity index (χ1n) is 10.5. The van der Waals surface area contributed by atoms with E-state index in [1.807, 2.05) is 6.20 Å². The first-order chi connectivity index (χ1) is 12.9. The van der Waals surface area contributed by atoms with Crippen molar-refractivity contribution in [2.45, 2.75) is 30.5 Å². The van der Waals surface area contributed by atoms with Gasteiger partial charge in [-0.1, -0.05) is 71.6 Å². The highest BCUT2D eigenvalue weighted by molar-refractivity contribution is 6.60. The van der Waals surface area contributed by atoms with Crippen molar-refractivity contribution in [3.05, 3.63) is 65.4 Å². The number of fused-ring (bicyclic) bond motifs is 1. The summed E-state index contributed by atoms with van der Waals surface area (Å²) in [5.74, 6) is 0.663. The molecule has 1 nitrogen and oxygen atoms in total. The van der Waals surface area contributed by atoms with Gasteiger partial charge < -0.3 is 0 Å². The Morgan fingerprint density at radius 1 is 0.821 bits per heavy atom. The highest BCUT2D eigenvalue weighted by Gasteiger charge is 2.21. The molecule has 0 saturated carbocycles. The Balaban J connectivity index is 2.21. The molecular formula is C21H29B6N. The van der Waals surface area contributed by atoms with Crippen LogP contribution in [0.5, 0.6) is 0 Å². The van der Waals surface area contributed by atoms with Crippen molar-refractivity contribution >= 4 is 57.9 Å². The van der Waals surface area contributed by atoms with Crippen LogP contribution in [0, 0.1) is 5.92 Å². The maximum Gasteiger partial charge on any atom is 0.0955 e. The minimum Gasteiger partial charge on any atom is -0.256 e. The van der Waals surface area contributed by atoms with Crippen molar-refractivity contribution in [1.29, 1.82) is 0 Å². The normalized spacial score (nSPS) is 12.5. The van der Waals surface area contributed by atoms with Crippen LogP contribution in [0.3, 0.4) is 0 Å². The maximum absolute atomic E-state index is 4.81. The Bertz CT molecular complexity index is 970. The third kappa shape index (κ3) is 4.62. The number of hydrogen-bond acceptors (Lipinski definition) is 1. The summed E-state index contributed by atoms with van der Waals surface area (Å²) in [7, 11) is 13.7. The molecule has 2 aromatic carbocycles. The molecule has 0 atom stereocenters. The van der Waals surface area contributed by atoms with Gasteiger partial charge in [-0.15, -0.1) is 0 Å². The van der Waals surface area contributed by atoms with Crippen LogP contribution in [0.1, 0.15) is 30.5 Å². The van der Waals surface area contributed by atoms with E-state index >= 15 is 0 Å². The lowest BCUT2D eigenvalue weighted by molar-refractivity contribution is 0.648. The van der Waals surface area contributed by atoms with Gasteiger partial charge in [0.2, 0.25) is 0 Å². The highest BCUT2D eigenvalue weighted by Crippen LogP contribution is 2.32. The minimum atomic E-state index is 0.102. The van der Waals surface area contributed by atoms with Crippen LogP contribution in [0.4, 0.5) is 0 Å². The minimum absolute atomic E-state index is 0.102. The van der Waals surface area contributed by atoms with Gasteiger partial charge >= 0.3 is 0 Å². The lowest BCUT2D eigenvalue weighted by Gasteiger charge is -2.26. The number of nitrogens with zero attached hydrogens (tertiary/aromatic N) is 1. The highest BCUT2D eigenvalue weighted by atomic mass is 14.7. The molecule has 1 aromatic heterocycles. The molecule has 0 unspecified atom stereocenters. The molecular weight excluding hydrogens is 331 g/mol. The Kier molecular flexibility index (Phi) is 5.67. The molecule has 1 heterocycles. The van der Waals surface area contributed by atoms with E-state index in [0.29, 0.717) is 5.92 Å². The molecule has 7 heteroatoms. The molecule has 3 aromatic rings. The summed E-state index contributed by atoms with van der Waals surface area (Å²) in [4.78, 5) is 4.81. The summed E-state index contributed by atoms with van der Waals surface area (Å²) in [6.07, 6.45) is 3.07. The van der Waals surface area contributed by atoms with Gasteiger partial charge in [0, 0.05) is 17.1 Å². The van der Waals surface area contributed by atoms with E-state index in [0.717, 1.165) is 12.1 Å². The van der Waals surface area contributed by atoms with Gasteiger partial charge in [-0.2, -0.15) is 0 Å². The van der Waals surface area contributed by atoms with Crippen molar-refractivity contribution in [1.82, 2.24) is 4.98 Å². The van der Waals surface area contributed by atoms with E-state index in [2.05, 4.69) is 103 Å². The Labute approximate surface area is 175 Å². The predicted molar refractivity (Wildman–Crippen MR) is 140 cm³/mol. The van der Waals surface area contributed by atoms with E-state index in [1.54, 1.807) is 0 Å². The number of benzene rings is 2. The third-order valence-corrected chi connectivity index (χ3v) is 5.41. The molecule has 3 rings (SSSR count). The van der Waals surface area contributed by atoms with E-state index in [9.17, 15) is 0 Å². The lowest BCUT2D eigenvalue weighted by Crippen LogP contribution is -2.30. The second-order valence-electron chi connectivity index (χ2n) is 10.6. The number of hydrogen-bond donors (Lipinski definition) is 0. The average Bonchev–Trinajstić information content (AvgIpc) is 2.58. The van der Waals surface area contributed by atoms with Crippen LogP contribution >= 0.6 is 0 Å². The monoisotopic (exact) mass is 361 g/mol. The fourth-order valence-corrected chi connectivity index (χ4v) is 3.69. The van der Waals surface area contributed by atoms with Crippen LogP contribution in [0.25, 0.3) is 22.0 Å². The van der Waals surface area contributed by atoms with Crippen LogP contribution in [0.2, 0.25) is 0 Å². The quantitative estimate of drug-likeness (QED) is 0.539. The molecule has 0 saturated heterocycles. The summed E-state index contributed by atoms with van der Waals surface area (Å²) in [5, 5.41) is 2.72. The Hall–Kier alpha value is -1.76. The van der Waals surface area contributed by atoms with Crippen molar-refractivity contribution in [2.75, 3.05) is 0 Å². The van der Waals surface area contributed by atoms with Gasteiger partial charge in [-0.3, -0.25) is 4.98 Å². The molecule has 0 aliphatic rings. The summed E-state index contributed by atoms with van der Waals surface area (Å²) >= 11 is 0. The predicted octanol–water partition coefficient (Wildman–Crippen LogP) is -0.881. The Morgan fingerprint density at radius 2 is 1.43 bits per heavy atom. The van der Waals surface area contributed by atoms with Gasteiger partial charge in [0.25, 0.3) is 0 Å². The smallest absolute Gasteiger partial charge is 0.0955 e. The number of pyridine rings is 1. The van der Waals surface area contributed by atoms with E-state index in [4.69, 9.17) is 4.98 Å². The second kappa shape index (κ2) is 7.58. The summed E-state index contributed by atoms with van der Waals surface area (Å²) in [6.45, 7) is 4.54. The van der Waals surface area contributed by atoms with Gasteiger partial charge in [0.15, 0.2) is 0 Å². The van der Waals surface area contributed by atoms with E-state index in [-0.39, 0.29) is 10.2 Å². The van der Waals surface area contributed by atoms with Gasteiger partial charge in [0.05, 0.1) is 52.8 Å². The van der Waals surface area contributed by atoms with E-state index < -0.39 is 0 Å². The molecule has 28 heavy (non-hydrogen) atoms. The zero-order chi connectivity index (χ0) is 20.7. The van der Waals surface area contributed by atoms with Gasteiger partial charge in [-0.25, -0.2) is 0 Å². The fourth-order valence-electron chi connectivity index (χ4n) is 3.69. The first-order valence-corrected chi connectivity index (χ1v) is 10.5. The zero-order valence-corrected chi connectivity index (χ0v) is 18.9. The number of aromatic nitrogens is 1. The van der Waals surface area contributed by atoms with Crippen LogP contribution < -0.4 is 0 Å². The standard InChI is InChI=1S/C21H29B6N/c1-12(2)7-13-3-4-18-14(8-13)5-6-28-19(18)15-9-16(20(22,23)24)11-17(10-15)21(25,26)27/h3-6,8-12H,7,22-27H2,1-2H3. The molecule has 0 fully saturated rings. The number of rotatable bonds is 5. The fraction of sp³-hybridized carbons (Fsp3) is 0.286. The summed E-state index contributed by atoms with van der Waals surface area (Å²) < 4.78 is 0. The summed E-state index contributed by atoms with van der Waals surface area (Å²) in [5.41, 5.74) is 6.44. The average molecular weight is 360 g/mol. The van der Waals surface area contributed by atoms with Gasteiger partial charge in [0.1, 0.15) is 0 Å². The lowest BCUT2D eigenvalue weighted by atomic mass is 9.37. The van der Waals surface area contributed by atoms with Gasteiger partial charge in [-0.05, 0) is 29.4 Å². The largest absolute Gasteiger partial charge is 0.256 e. The Morgan fingerprint density at radius 3 is 1.96 bits per heavy atom. The third-order valence-electron chi connectivity index (χ3n) is 5.41. The maximum atomic E-state index is 4.81. The second-order valence-corrected chi connectivity index (χ2v) is 10.6. The molecule has 0 aliphatic heterocycles. The van der Waals surface area contributed by atoms with Crippen LogP contribution in [-0.2, 0) is 16.6 Å². The molecule has 0 spiro atoms. The van der Waals surface area contributed by atoms with Crippen molar-refractivity contribution in [3.63, 3.8) is 0 Å². The molecule has 0 amide bonds. The SMILES string of the molecule is BC(B)(B)c1cc(-c2nccc3cc(CC(C)C)ccc23)cc(C(B)(B)B)c1. The zero-order valence-electron chi connectivity index (χ0n) is 18.9. The van der Waals surface area contributed by atoms with E-state index in [1.165, 1.54) is 33.0 Å². The summed E-state index contributed by atoms with van der Waals surface area (Å²) in [6, 6.07) is 16.0. The molecule has 0 aliphatic carbocycles. The topological polar surface area (TPSA) is 12.9 Å². The molecule has 0 radical (unpaired) electrons. The van der Waals surface area contributed by atoms with Crippen molar-refractivity contribution < 1.29 is 0 Å². The van der Waals surface area contributed by atoms with Crippen molar-refractivity contribution in [2.24, 2.45) is 5.92 Å². The molecule has 136 valence electrons. The molecule has 0 N–H and O–H groups in total. The molecule has 0 bridgehead atoms. The van der Waals surface area contributed by atoms with Crippen molar-refractivity contribution in [3.8, 4) is 11.3 Å². The van der Waals surface area contributed by atoms with Crippen LogP contribution in [-0.4, -0.2) is 52.1 Å².